The second kappa shape index (κ2) is 10.6. The number of hydrogen-bond donors (Lipinski definition) is 2. The van der Waals surface area contributed by atoms with Gasteiger partial charge < -0.3 is 10.6 Å². The van der Waals surface area contributed by atoms with E-state index in [1.807, 2.05) is 29.7 Å². The molecule has 1 fully saturated rings. The van der Waals surface area contributed by atoms with Crippen molar-refractivity contribution < 1.29 is 0 Å². The van der Waals surface area contributed by atoms with Crippen LogP contribution in [-0.4, -0.2) is 38.0 Å². The van der Waals surface area contributed by atoms with Crippen LogP contribution in [0.4, 0.5) is 0 Å². The van der Waals surface area contributed by atoms with Crippen LogP contribution in [0, 0.1) is 12.8 Å². The number of hydrogen-bond acceptors (Lipinski definition) is 4. The molecule has 7 heteroatoms. The Balaban J connectivity index is 0.00000243. The van der Waals surface area contributed by atoms with E-state index in [2.05, 4.69) is 64.1 Å². The van der Waals surface area contributed by atoms with Crippen molar-refractivity contribution in [3.05, 3.63) is 44.3 Å². The zero-order valence-corrected chi connectivity index (χ0v) is 19.7. The van der Waals surface area contributed by atoms with Crippen molar-refractivity contribution in [2.45, 2.75) is 32.4 Å². The highest BCUT2D eigenvalue weighted by Gasteiger charge is 2.31. The molecule has 26 heavy (non-hydrogen) atoms. The first-order valence-corrected chi connectivity index (χ1v) is 10.6. The van der Waals surface area contributed by atoms with E-state index in [0.717, 1.165) is 19.0 Å². The molecule has 2 atom stereocenters. The molecule has 4 nitrogen and oxygen atoms in total. The number of halogens is 1. The van der Waals surface area contributed by atoms with Gasteiger partial charge >= 0.3 is 0 Å². The third-order valence-corrected chi connectivity index (χ3v) is 6.77. The molecule has 2 aromatic heterocycles. The van der Waals surface area contributed by atoms with E-state index in [1.54, 1.807) is 0 Å². The summed E-state index contributed by atoms with van der Waals surface area (Å²) in [7, 11) is 4.10. The molecule has 0 bridgehead atoms. The SMILES string of the molecule is CN=C(NCc1ccc(C)s1)NCC1CCCN(C)C1c1cccs1.I. The van der Waals surface area contributed by atoms with Crippen LogP contribution in [0.15, 0.2) is 34.6 Å². The smallest absolute Gasteiger partial charge is 0.191 e. The molecule has 3 rings (SSSR count). The summed E-state index contributed by atoms with van der Waals surface area (Å²) in [5.41, 5.74) is 0. The Morgan fingerprint density at radius 3 is 2.81 bits per heavy atom. The second-order valence-corrected chi connectivity index (χ2v) is 9.01. The molecule has 144 valence electrons. The van der Waals surface area contributed by atoms with Crippen molar-refractivity contribution >= 4 is 52.6 Å². The molecule has 1 aliphatic rings. The maximum absolute atomic E-state index is 4.39. The molecular formula is C19H29IN4S2. The monoisotopic (exact) mass is 504 g/mol. The average Bonchev–Trinajstić information content (AvgIpc) is 3.27. The van der Waals surface area contributed by atoms with Gasteiger partial charge in [0, 0.05) is 34.3 Å². The van der Waals surface area contributed by atoms with Crippen molar-refractivity contribution in [2.24, 2.45) is 10.9 Å². The minimum Gasteiger partial charge on any atom is -0.356 e. The van der Waals surface area contributed by atoms with Gasteiger partial charge in [0.05, 0.1) is 6.54 Å². The summed E-state index contributed by atoms with van der Waals surface area (Å²) in [6, 6.07) is 9.30. The third-order valence-electron chi connectivity index (χ3n) is 4.82. The van der Waals surface area contributed by atoms with Crippen LogP contribution in [0.1, 0.15) is 33.5 Å². The number of likely N-dealkylation sites (tertiary alicyclic amines) is 1. The van der Waals surface area contributed by atoms with Gasteiger partial charge in [0.25, 0.3) is 0 Å². The lowest BCUT2D eigenvalue weighted by Gasteiger charge is -2.39. The Morgan fingerprint density at radius 2 is 2.15 bits per heavy atom. The summed E-state index contributed by atoms with van der Waals surface area (Å²) in [4.78, 5) is 11.1. The molecule has 0 aromatic carbocycles. The van der Waals surface area contributed by atoms with Crippen LogP contribution >= 0.6 is 46.7 Å². The van der Waals surface area contributed by atoms with E-state index in [4.69, 9.17) is 0 Å². The van der Waals surface area contributed by atoms with Gasteiger partial charge in [-0.1, -0.05) is 6.07 Å². The number of thiophene rings is 2. The maximum Gasteiger partial charge on any atom is 0.191 e. The number of nitrogens with one attached hydrogen (secondary N) is 2. The van der Waals surface area contributed by atoms with E-state index >= 15 is 0 Å². The summed E-state index contributed by atoms with van der Waals surface area (Å²) in [5, 5.41) is 9.17. The van der Waals surface area contributed by atoms with Crippen LogP contribution in [0.3, 0.4) is 0 Å². The molecular weight excluding hydrogens is 475 g/mol. The van der Waals surface area contributed by atoms with Gasteiger partial charge in [-0.15, -0.1) is 46.7 Å². The highest BCUT2D eigenvalue weighted by Crippen LogP contribution is 2.36. The van der Waals surface area contributed by atoms with Crippen LogP contribution in [0.5, 0.6) is 0 Å². The van der Waals surface area contributed by atoms with Gasteiger partial charge in [0.1, 0.15) is 0 Å². The van der Waals surface area contributed by atoms with Crippen molar-refractivity contribution in [3.63, 3.8) is 0 Å². The van der Waals surface area contributed by atoms with Crippen molar-refractivity contribution in [1.29, 1.82) is 0 Å². The van der Waals surface area contributed by atoms with Crippen molar-refractivity contribution in [1.82, 2.24) is 15.5 Å². The van der Waals surface area contributed by atoms with E-state index in [0.29, 0.717) is 12.0 Å². The molecule has 0 radical (unpaired) electrons. The lowest BCUT2D eigenvalue weighted by atomic mass is 9.88. The highest BCUT2D eigenvalue weighted by atomic mass is 127. The number of piperidine rings is 1. The molecule has 0 spiro atoms. The first-order valence-electron chi connectivity index (χ1n) is 8.91. The quantitative estimate of drug-likeness (QED) is 0.358. The fraction of sp³-hybridized carbons (Fsp3) is 0.526. The molecule has 0 saturated carbocycles. The standard InChI is InChI=1S/C19H28N4S2.HI/c1-14-8-9-16(25-14)13-22-19(20-2)21-12-15-6-4-10-23(3)18(15)17-7-5-11-24-17;/h5,7-9,11,15,18H,4,6,10,12-13H2,1-3H3,(H2,20,21,22);1H. The fourth-order valence-electron chi connectivity index (χ4n) is 3.58. The molecule has 0 aliphatic carbocycles. The van der Waals surface area contributed by atoms with E-state index in [9.17, 15) is 0 Å². The van der Waals surface area contributed by atoms with Gasteiger partial charge in [0.15, 0.2) is 5.96 Å². The first-order chi connectivity index (χ1) is 12.2. The summed E-state index contributed by atoms with van der Waals surface area (Å²) in [6.45, 7) is 5.11. The van der Waals surface area contributed by atoms with Crippen LogP contribution < -0.4 is 10.6 Å². The molecule has 2 N–H and O–H groups in total. The van der Waals surface area contributed by atoms with Crippen molar-refractivity contribution in [2.75, 3.05) is 27.2 Å². The predicted octanol–water partition coefficient (Wildman–Crippen LogP) is 4.48. The van der Waals surface area contributed by atoms with Crippen molar-refractivity contribution in [3.8, 4) is 0 Å². The molecule has 3 heterocycles. The number of nitrogens with zero attached hydrogens (tertiary/aromatic N) is 2. The second-order valence-electron chi connectivity index (χ2n) is 6.66. The zero-order valence-electron chi connectivity index (χ0n) is 15.7. The Kier molecular flexibility index (Phi) is 8.86. The minimum atomic E-state index is 0. The summed E-state index contributed by atoms with van der Waals surface area (Å²) < 4.78 is 0. The average molecular weight is 505 g/mol. The molecule has 1 aliphatic heterocycles. The fourth-order valence-corrected chi connectivity index (χ4v) is 5.40. The molecule has 2 unspecified atom stereocenters. The lowest BCUT2D eigenvalue weighted by Crippen LogP contribution is -2.44. The van der Waals surface area contributed by atoms with Gasteiger partial charge in [-0.05, 0) is 62.9 Å². The maximum atomic E-state index is 4.39. The molecule has 0 amide bonds. The predicted molar refractivity (Wildman–Crippen MR) is 125 cm³/mol. The largest absolute Gasteiger partial charge is 0.356 e. The first kappa shape index (κ1) is 21.7. The Morgan fingerprint density at radius 1 is 1.31 bits per heavy atom. The van der Waals surface area contributed by atoms with Crippen LogP contribution in [0.2, 0.25) is 0 Å². The number of aryl methyl sites for hydroxylation is 1. The summed E-state index contributed by atoms with van der Waals surface area (Å²) in [6.07, 6.45) is 2.53. The van der Waals surface area contributed by atoms with E-state index in [1.165, 1.54) is 34.0 Å². The van der Waals surface area contributed by atoms with E-state index < -0.39 is 0 Å². The normalized spacial score (nSPS) is 21.3. The van der Waals surface area contributed by atoms with Gasteiger partial charge in [0.2, 0.25) is 0 Å². The zero-order chi connectivity index (χ0) is 17.6. The Bertz CT molecular complexity index is 684. The summed E-state index contributed by atoms with van der Waals surface area (Å²) in [5.74, 6) is 1.50. The third kappa shape index (κ3) is 5.68. The van der Waals surface area contributed by atoms with E-state index in [-0.39, 0.29) is 24.0 Å². The molecule has 1 saturated heterocycles. The lowest BCUT2D eigenvalue weighted by molar-refractivity contribution is 0.125. The van der Waals surface area contributed by atoms with Gasteiger partial charge in [-0.3, -0.25) is 9.89 Å². The topological polar surface area (TPSA) is 39.7 Å². The summed E-state index contributed by atoms with van der Waals surface area (Å²) >= 11 is 3.71. The van der Waals surface area contributed by atoms with Crippen LogP contribution in [0.25, 0.3) is 0 Å². The highest BCUT2D eigenvalue weighted by molar-refractivity contribution is 14.0. The van der Waals surface area contributed by atoms with Crippen LogP contribution in [-0.2, 0) is 6.54 Å². The Hall–Kier alpha value is -0.640. The van der Waals surface area contributed by atoms with Gasteiger partial charge in [-0.2, -0.15) is 0 Å². The van der Waals surface area contributed by atoms with Gasteiger partial charge in [-0.25, -0.2) is 0 Å². The number of rotatable bonds is 5. The number of aliphatic imine (C=N–C) groups is 1. The Labute approximate surface area is 182 Å². The molecule has 2 aromatic rings. The number of guanidine groups is 1. The minimum absolute atomic E-state index is 0.